The summed E-state index contributed by atoms with van der Waals surface area (Å²) in [4.78, 5) is 12.3. The molecule has 4 aromatic rings. The molecule has 0 radical (unpaired) electrons. The number of nitrogen functional groups attached to an aromatic ring is 1. The fraction of sp³-hybridized carbons (Fsp3) is 0.500. The minimum atomic E-state index is -4.73. The fourth-order valence-corrected chi connectivity index (χ4v) is 7.81. The molecule has 3 N–H and O–H groups in total. The molecule has 0 amide bonds. The lowest BCUT2D eigenvalue weighted by atomic mass is 10.1. The third-order valence-electron chi connectivity index (χ3n) is 7.51. The second-order valence-electron chi connectivity index (χ2n) is 10.3. The summed E-state index contributed by atoms with van der Waals surface area (Å²) in [6, 6.07) is 3.30. The number of aliphatic hydroxyl groups excluding tert-OH is 1. The highest BCUT2D eigenvalue weighted by atomic mass is 32.7. The first-order chi connectivity index (χ1) is 21.4. The fourth-order valence-electron chi connectivity index (χ4n) is 5.44. The zero-order valence-electron chi connectivity index (χ0n) is 22.5. The molecule has 1 aromatic carbocycles. The monoisotopic (exact) mass is 694 g/mol. The highest BCUT2D eigenvalue weighted by Gasteiger charge is 2.50. The lowest BCUT2D eigenvalue weighted by Gasteiger charge is -2.23. The first-order valence-corrected chi connectivity index (χ1v) is 17.1. The van der Waals surface area contributed by atoms with E-state index < -0.39 is 88.5 Å². The number of imidazole rings is 1. The molecule has 242 valence electrons. The van der Waals surface area contributed by atoms with E-state index in [2.05, 4.69) is 37.5 Å². The molecule has 6 heterocycles. The summed E-state index contributed by atoms with van der Waals surface area (Å²) in [5.74, 6) is 0.153. The molecule has 7 rings (SSSR count). The number of hydrogen-bond acceptors (Lipinski definition) is 15. The lowest BCUT2D eigenvalue weighted by molar-refractivity contribution is -0.136. The van der Waals surface area contributed by atoms with Crippen LogP contribution in [-0.2, 0) is 42.9 Å². The van der Waals surface area contributed by atoms with Crippen LogP contribution in [0.1, 0.15) is 24.4 Å². The van der Waals surface area contributed by atoms with Gasteiger partial charge in [0.1, 0.15) is 54.1 Å². The van der Waals surface area contributed by atoms with E-state index in [1.54, 1.807) is 4.57 Å². The van der Waals surface area contributed by atoms with Gasteiger partial charge in [0.25, 0.3) is 0 Å². The Morgan fingerprint density at radius 2 is 1.93 bits per heavy atom. The molecule has 3 fully saturated rings. The van der Waals surface area contributed by atoms with Crippen LogP contribution in [0.4, 0.5) is 19.0 Å². The predicted molar refractivity (Wildman–Crippen MR) is 148 cm³/mol. The summed E-state index contributed by atoms with van der Waals surface area (Å²) in [5.41, 5.74) is 4.95. The summed E-state index contributed by atoms with van der Waals surface area (Å²) in [5, 5.41) is 18.5. The number of aliphatic hydroxyl groups is 1. The Hall–Kier alpha value is -2.71. The molecule has 2 unspecified atom stereocenters. The topological polar surface area (TPSA) is 210 Å². The molecule has 2 bridgehead atoms. The van der Waals surface area contributed by atoms with Gasteiger partial charge in [0, 0.05) is 6.42 Å². The lowest BCUT2D eigenvalue weighted by Crippen LogP contribution is -2.34. The SMILES string of the molecule is Nc1ncnc2c1ncn2[C@H]1C[C@@H]2OP(=O)(S)OC[C@H]3O[C@@H](n4nnc5c(C(F)(F)F)cccc54)[C@H](O[PH](=O)OC[C@H]2O1)[C@@H]3O. The van der Waals surface area contributed by atoms with E-state index in [1.807, 2.05) is 0 Å². The average Bonchev–Trinajstić information content (AvgIpc) is 3.75. The molecule has 3 aliphatic heterocycles. The Morgan fingerprint density at radius 1 is 1.11 bits per heavy atom. The first-order valence-electron chi connectivity index (χ1n) is 13.2. The Labute approximate surface area is 255 Å². The molecule has 0 saturated carbocycles. The van der Waals surface area contributed by atoms with E-state index >= 15 is 0 Å². The Morgan fingerprint density at radius 3 is 2.73 bits per heavy atom. The summed E-state index contributed by atoms with van der Waals surface area (Å²) in [6.07, 6.45) is -10.4. The molecule has 0 spiro atoms. The van der Waals surface area contributed by atoms with Crippen LogP contribution in [0.5, 0.6) is 0 Å². The second-order valence-corrected chi connectivity index (χ2v) is 14.2. The van der Waals surface area contributed by atoms with Crippen LogP contribution in [0.3, 0.4) is 0 Å². The van der Waals surface area contributed by atoms with Gasteiger partial charge >= 0.3 is 21.2 Å². The van der Waals surface area contributed by atoms with Crippen molar-refractivity contribution in [3.8, 4) is 0 Å². The smallest absolute Gasteiger partial charge is 0.387 e. The molecule has 3 aromatic heterocycles. The number of nitrogens with two attached hydrogens (primary N) is 1. The van der Waals surface area contributed by atoms with Crippen LogP contribution >= 0.6 is 27.3 Å². The van der Waals surface area contributed by atoms with E-state index in [1.165, 1.54) is 18.7 Å². The summed E-state index contributed by atoms with van der Waals surface area (Å²) in [6.45, 7) is -5.13. The number of aromatic nitrogens is 7. The van der Waals surface area contributed by atoms with Crippen LogP contribution in [0.15, 0.2) is 30.9 Å². The highest BCUT2D eigenvalue weighted by molar-refractivity contribution is 8.44. The van der Waals surface area contributed by atoms with Gasteiger partial charge in [-0.15, -0.1) is 5.10 Å². The Kier molecular flexibility index (Phi) is 7.91. The van der Waals surface area contributed by atoms with E-state index in [0.717, 1.165) is 16.8 Å². The first kappa shape index (κ1) is 30.9. The summed E-state index contributed by atoms with van der Waals surface area (Å²) in [7, 11) is -3.43. The van der Waals surface area contributed by atoms with Crippen molar-refractivity contribution in [1.29, 1.82) is 0 Å². The number of fused-ring (bicyclic) bond motifs is 5. The highest BCUT2D eigenvalue weighted by Crippen LogP contribution is 2.57. The second kappa shape index (κ2) is 11.5. The normalized spacial score (nSPS) is 34.8. The number of anilines is 1. The van der Waals surface area contributed by atoms with Gasteiger partial charge in [-0.25, -0.2) is 24.2 Å². The third-order valence-corrected chi connectivity index (χ3v) is 10.0. The third kappa shape index (κ3) is 5.75. The van der Waals surface area contributed by atoms with Gasteiger partial charge in [0.2, 0.25) is 0 Å². The van der Waals surface area contributed by atoms with Crippen molar-refractivity contribution >= 4 is 55.3 Å². The quantitative estimate of drug-likeness (QED) is 0.203. The molecule has 23 heteroatoms. The Bertz CT molecular complexity index is 1830. The van der Waals surface area contributed by atoms with Gasteiger partial charge in [-0.05, 0) is 12.1 Å². The van der Waals surface area contributed by atoms with Gasteiger partial charge in [0.05, 0.1) is 30.6 Å². The van der Waals surface area contributed by atoms with Gasteiger partial charge in [-0.2, -0.15) is 13.2 Å². The van der Waals surface area contributed by atoms with Gasteiger partial charge < -0.3 is 24.8 Å². The van der Waals surface area contributed by atoms with Crippen molar-refractivity contribution in [3.05, 3.63) is 36.4 Å². The number of hydrogen-bond donors (Lipinski definition) is 3. The number of benzene rings is 1. The van der Waals surface area contributed by atoms with E-state index in [4.69, 9.17) is 33.3 Å². The number of halogens is 3. The van der Waals surface area contributed by atoms with Crippen LogP contribution in [0.2, 0.25) is 0 Å². The van der Waals surface area contributed by atoms with Crippen LogP contribution in [0.25, 0.3) is 22.2 Å². The molecular formula is C22H23F3N8O9P2S. The molecule has 0 aliphatic carbocycles. The van der Waals surface area contributed by atoms with Crippen molar-refractivity contribution in [3.63, 3.8) is 0 Å². The van der Waals surface area contributed by atoms with Crippen molar-refractivity contribution in [2.24, 2.45) is 0 Å². The molecule has 17 nitrogen and oxygen atoms in total. The number of alkyl halides is 3. The number of nitrogens with zero attached hydrogens (tertiary/aromatic N) is 7. The standard InChI is InChI=1S/C22H23F3N8O9P2S/c23-22(24,25)9-2-1-3-10-15(9)30-31-33(10)21-18-17(34)13(40-21)6-38-44(36,45)42-11-4-14(39-12(11)5-37-43(35)41-18)32-8-29-16-19(26)27-7-28-20(16)32/h1-3,7-8,11-14,17-18,21,34,43H,4-6H2,(H,36,45)(H2,26,27,28)/t11-,12+,13+,14+,17+,18+,21+,44?/m0/s1. The zero-order valence-corrected chi connectivity index (χ0v) is 25.3. The zero-order chi connectivity index (χ0) is 31.7. The Balaban J connectivity index is 1.16. The largest absolute Gasteiger partial charge is 0.418 e. The maximum absolute atomic E-state index is 13.6. The van der Waals surface area contributed by atoms with Gasteiger partial charge in [-0.3, -0.25) is 22.7 Å². The molecule has 45 heavy (non-hydrogen) atoms. The van der Waals surface area contributed by atoms with Crippen molar-refractivity contribution in [2.75, 3.05) is 18.9 Å². The minimum absolute atomic E-state index is 0.0889. The summed E-state index contributed by atoms with van der Waals surface area (Å²) >= 11 is 4.08. The van der Waals surface area contributed by atoms with Crippen LogP contribution < -0.4 is 5.73 Å². The van der Waals surface area contributed by atoms with Crippen molar-refractivity contribution < 1.29 is 55.0 Å². The van der Waals surface area contributed by atoms with E-state index in [9.17, 15) is 27.4 Å². The molecule has 3 aliphatic rings. The minimum Gasteiger partial charge on any atom is -0.387 e. The van der Waals surface area contributed by atoms with Crippen LogP contribution in [-0.4, -0.2) is 83.4 Å². The molecule has 3 saturated heterocycles. The molecule has 9 atom stereocenters. The van der Waals surface area contributed by atoms with E-state index in [0.29, 0.717) is 11.2 Å². The predicted octanol–water partition coefficient (Wildman–Crippen LogP) is 2.66. The maximum atomic E-state index is 13.6. The van der Waals surface area contributed by atoms with E-state index in [-0.39, 0.29) is 17.8 Å². The van der Waals surface area contributed by atoms with Gasteiger partial charge in [-0.1, -0.05) is 23.5 Å². The van der Waals surface area contributed by atoms with Crippen molar-refractivity contribution in [1.82, 2.24) is 34.5 Å². The van der Waals surface area contributed by atoms with Crippen LogP contribution in [0, 0.1) is 0 Å². The van der Waals surface area contributed by atoms with Crippen molar-refractivity contribution in [2.45, 2.75) is 55.6 Å². The van der Waals surface area contributed by atoms with Gasteiger partial charge in [0.15, 0.2) is 17.7 Å². The summed E-state index contributed by atoms with van der Waals surface area (Å²) < 4.78 is 104. The number of thiol groups is 1. The average molecular weight is 694 g/mol. The number of ether oxygens (including phenoxy) is 2. The number of rotatable bonds is 2. The molecular weight excluding hydrogens is 671 g/mol. The maximum Gasteiger partial charge on any atom is 0.418 e.